The van der Waals surface area contributed by atoms with Gasteiger partial charge in [-0.05, 0) is 0 Å². The maximum absolute atomic E-state index is 12.1. The molecular formula is C14H10Cr2O9. The molecule has 11 heteroatoms. The summed E-state index contributed by atoms with van der Waals surface area (Å²) in [6.45, 7) is 0. The van der Waals surface area contributed by atoms with E-state index in [0.29, 0.717) is 22.3 Å². The minimum absolute atomic E-state index is 0.0641. The summed E-state index contributed by atoms with van der Waals surface area (Å²) in [5.41, 5.74) is 2.02. The SMILES string of the molecule is O=C1c2ccccc2C(=O)c2ccccc21.[O]=[Cr](=[O])([OH])[O][Cr](=[O])(=[O])[OH]. The predicted octanol–water partition coefficient (Wildman–Crippen LogP) is 0.799. The van der Waals surface area contributed by atoms with Crippen LogP contribution >= 0.6 is 0 Å². The van der Waals surface area contributed by atoms with Gasteiger partial charge in [-0.15, -0.1) is 0 Å². The van der Waals surface area contributed by atoms with Gasteiger partial charge in [0, 0.05) is 22.3 Å². The van der Waals surface area contributed by atoms with Crippen LogP contribution in [0.25, 0.3) is 0 Å². The van der Waals surface area contributed by atoms with Crippen LogP contribution in [-0.2, 0) is 45.3 Å². The van der Waals surface area contributed by atoms with E-state index < -0.39 is 27.2 Å². The van der Waals surface area contributed by atoms with Gasteiger partial charge in [0.25, 0.3) is 0 Å². The van der Waals surface area contributed by atoms with E-state index in [0.717, 1.165) is 0 Å². The van der Waals surface area contributed by atoms with Crippen molar-refractivity contribution in [2.45, 2.75) is 0 Å². The number of rotatable bonds is 2. The van der Waals surface area contributed by atoms with E-state index in [1.165, 1.54) is 0 Å². The first-order valence-corrected chi connectivity index (χ1v) is 10.7. The van der Waals surface area contributed by atoms with E-state index in [9.17, 15) is 24.8 Å². The third-order valence-electron chi connectivity index (χ3n) is 3.00. The predicted molar refractivity (Wildman–Crippen MR) is 68.0 cm³/mol. The number of fused-ring (bicyclic) bond motifs is 2. The van der Waals surface area contributed by atoms with Crippen LogP contribution < -0.4 is 0 Å². The van der Waals surface area contributed by atoms with Gasteiger partial charge in [-0.25, -0.2) is 0 Å². The van der Waals surface area contributed by atoms with E-state index in [2.05, 4.69) is 2.84 Å². The van der Waals surface area contributed by atoms with Crippen LogP contribution in [-0.4, -0.2) is 19.9 Å². The molecule has 0 atom stereocenters. The summed E-state index contributed by atoms with van der Waals surface area (Å²) in [5, 5.41) is 0. The molecular weight excluding hydrogens is 416 g/mol. The molecule has 1 aliphatic carbocycles. The molecule has 0 heterocycles. The Labute approximate surface area is 145 Å². The summed E-state index contributed by atoms with van der Waals surface area (Å²) in [4.78, 5) is 24.2. The van der Waals surface area contributed by atoms with Crippen molar-refractivity contribution in [3.8, 4) is 0 Å². The van der Waals surface area contributed by atoms with Gasteiger partial charge in [0.05, 0.1) is 0 Å². The molecule has 2 N–H and O–H groups in total. The van der Waals surface area contributed by atoms with Crippen molar-refractivity contribution in [3.05, 3.63) is 70.8 Å². The fraction of sp³-hybridized carbons (Fsp3) is 0. The Balaban J connectivity index is 0.000000217. The Hall–Kier alpha value is -2.08. The van der Waals surface area contributed by atoms with Crippen molar-refractivity contribution < 1.29 is 63.2 Å². The number of hydrogen-bond acceptors (Lipinski definition) is 7. The molecule has 9 nitrogen and oxygen atoms in total. The van der Waals surface area contributed by atoms with E-state index >= 15 is 0 Å². The molecule has 1 aliphatic rings. The Morgan fingerprint density at radius 3 is 1.00 bits per heavy atom. The fourth-order valence-corrected chi connectivity index (χ4v) is 3.90. The average Bonchev–Trinajstić information content (AvgIpc) is 2.50. The number of hydrogen-bond donors (Lipinski definition) is 2. The first-order chi connectivity index (χ1) is 11.5. The van der Waals surface area contributed by atoms with Crippen molar-refractivity contribution in [2.24, 2.45) is 0 Å². The second-order valence-electron chi connectivity index (χ2n) is 4.67. The molecule has 0 aliphatic heterocycles. The second-order valence-corrected chi connectivity index (χ2v) is 8.43. The van der Waals surface area contributed by atoms with E-state index in [1.807, 2.05) is 0 Å². The zero-order valence-electron chi connectivity index (χ0n) is 12.2. The number of ketones is 2. The molecule has 2 aromatic rings. The van der Waals surface area contributed by atoms with Gasteiger partial charge in [-0.2, -0.15) is 0 Å². The molecule has 0 amide bonds. The van der Waals surface area contributed by atoms with E-state index in [-0.39, 0.29) is 11.6 Å². The van der Waals surface area contributed by atoms with Gasteiger partial charge < -0.3 is 0 Å². The topological polar surface area (TPSA) is 152 Å². The van der Waals surface area contributed by atoms with Crippen molar-refractivity contribution >= 4 is 11.6 Å². The monoisotopic (exact) mass is 426 g/mol. The van der Waals surface area contributed by atoms with Crippen LogP contribution in [0.3, 0.4) is 0 Å². The van der Waals surface area contributed by atoms with Gasteiger partial charge in [-0.3, -0.25) is 9.59 Å². The quantitative estimate of drug-likeness (QED) is 0.606. The standard InChI is InChI=1S/C14H8O2.2Cr.2H2O.5O/c15-13-9-5-1-2-6-10(9)14(16)12-8-4-3-7-11(12)13;;;;;;;;;/h1-8H;;;2*1H2;;;;;/q;2*+1;;;;;;;/p-2. The van der Waals surface area contributed by atoms with Crippen molar-refractivity contribution in [1.29, 1.82) is 0 Å². The molecule has 0 aromatic heterocycles. The van der Waals surface area contributed by atoms with Crippen molar-refractivity contribution in [1.82, 2.24) is 0 Å². The Bertz CT molecular complexity index is 918. The summed E-state index contributed by atoms with van der Waals surface area (Å²) < 4.78 is 56.3. The Kier molecular flexibility index (Phi) is 5.42. The zero-order chi connectivity index (χ0) is 18.8. The maximum atomic E-state index is 12.1. The first kappa shape index (κ1) is 19.3. The molecule has 25 heavy (non-hydrogen) atoms. The Morgan fingerprint density at radius 2 is 0.840 bits per heavy atom. The number of benzene rings is 2. The summed E-state index contributed by atoms with van der Waals surface area (Å²) >= 11 is -11.5. The zero-order valence-corrected chi connectivity index (χ0v) is 14.7. The van der Waals surface area contributed by atoms with E-state index in [1.54, 1.807) is 48.5 Å². The van der Waals surface area contributed by atoms with Crippen molar-refractivity contribution in [2.75, 3.05) is 0 Å². The van der Waals surface area contributed by atoms with Crippen LogP contribution in [0.15, 0.2) is 48.5 Å². The summed E-state index contributed by atoms with van der Waals surface area (Å²) in [6.07, 6.45) is 0. The normalized spacial score (nSPS) is 13.4. The molecule has 0 spiro atoms. The average molecular weight is 426 g/mol. The number of carbonyl (C=O) groups excluding carboxylic acids is 2. The minimum atomic E-state index is -5.76. The van der Waals surface area contributed by atoms with Crippen molar-refractivity contribution in [3.63, 3.8) is 0 Å². The first-order valence-electron chi connectivity index (χ1n) is 6.43. The Morgan fingerprint density at radius 1 is 0.600 bits per heavy atom. The molecule has 2 aromatic carbocycles. The van der Waals surface area contributed by atoms with Crippen LogP contribution in [0, 0.1) is 0 Å². The van der Waals surface area contributed by atoms with E-state index in [4.69, 9.17) is 8.32 Å². The summed E-state index contributed by atoms with van der Waals surface area (Å²) in [6, 6.07) is 13.9. The molecule has 3 rings (SSSR count). The fourth-order valence-electron chi connectivity index (χ4n) is 2.16. The van der Waals surface area contributed by atoms with Gasteiger partial charge in [0.1, 0.15) is 0 Å². The van der Waals surface area contributed by atoms with Gasteiger partial charge in [0.15, 0.2) is 11.6 Å². The summed E-state index contributed by atoms with van der Waals surface area (Å²) in [5.74, 6) is -0.128. The van der Waals surface area contributed by atoms with Gasteiger partial charge in [-0.1, -0.05) is 48.5 Å². The van der Waals surface area contributed by atoms with Crippen LogP contribution in [0.4, 0.5) is 0 Å². The molecule has 132 valence electrons. The third kappa shape index (κ3) is 4.95. The molecule has 0 saturated carbocycles. The second kappa shape index (κ2) is 7.04. The van der Waals surface area contributed by atoms with Gasteiger partial charge >= 0.3 is 53.6 Å². The van der Waals surface area contributed by atoms with Gasteiger partial charge in [0.2, 0.25) is 0 Å². The molecule has 0 fully saturated rings. The summed E-state index contributed by atoms with van der Waals surface area (Å²) in [7, 11) is 0. The third-order valence-corrected chi connectivity index (χ3v) is 5.76. The van der Waals surface area contributed by atoms with Crippen LogP contribution in [0.1, 0.15) is 31.8 Å². The molecule has 0 bridgehead atoms. The number of carbonyl (C=O) groups is 2. The molecule has 0 unspecified atom stereocenters. The molecule has 0 saturated heterocycles. The molecule has 0 radical (unpaired) electrons. The van der Waals surface area contributed by atoms with Crippen LogP contribution in [0.2, 0.25) is 0 Å². The van der Waals surface area contributed by atoms with Crippen LogP contribution in [0.5, 0.6) is 0 Å².